The summed E-state index contributed by atoms with van der Waals surface area (Å²) in [5.74, 6) is -0.260. The van der Waals surface area contributed by atoms with E-state index in [1.165, 1.54) is 6.07 Å². The van der Waals surface area contributed by atoms with E-state index in [1.807, 2.05) is 30.1 Å². The number of aryl methyl sites for hydroxylation is 1. The molecule has 1 aromatic heterocycles. The molecule has 1 spiro atoms. The summed E-state index contributed by atoms with van der Waals surface area (Å²) in [5.41, 5.74) is 3.65. The fourth-order valence-corrected chi connectivity index (χ4v) is 5.38. The van der Waals surface area contributed by atoms with Crippen molar-refractivity contribution >= 4 is 34.5 Å². The Kier molecular flexibility index (Phi) is 5.03. The van der Waals surface area contributed by atoms with Gasteiger partial charge in [0.05, 0.1) is 18.3 Å². The molecule has 2 aromatic carbocycles. The lowest BCUT2D eigenvalue weighted by Gasteiger charge is -2.59. The first-order valence-corrected chi connectivity index (χ1v) is 11.1. The molecule has 2 N–H and O–H groups in total. The monoisotopic (exact) mass is 447 g/mol. The van der Waals surface area contributed by atoms with Gasteiger partial charge >= 0.3 is 0 Å². The minimum absolute atomic E-state index is 0.0283. The zero-order chi connectivity index (χ0) is 23.3. The second kappa shape index (κ2) is 7.79. The van der Waals surface area contributed by atoms with Crippen LogP contribution in [0, 0.1) is 22.6 Å². The van der Waals surface area contributed by atoms with Gasteiger partial charge in [0, 0.05) is 66.3 Å². The van der Waals surface area contributed by atoms with E-state index < -0.39 is 0 Å². The van der Waals surface area contributed by atoms with Gasteiger partial charge in [0.1, 0.15) is 12.1 Å². The van der Waals surface area contributed by atoms with Crippen molar-refractivity contribution in [2.75, 3.05) is 25.0 Å². The second-order valence-electron chi connectivity index (χ2n) is 9.33. The number of fused-ring (bicyclic) bond motifs is 1. The van der Waals surface area contributed by atoms with Crippen LogP contribution in [0.3, 0.4) is 0 Å². The predicted octanol–water partition coefficient (Wildman–Crippen LogP) is 3.62. The molecule has 3 aromatic rings. The van der Waals surface area contributed by atoms with Crippen LogP contribution >= 0.6 is 0 Å². The van der Waals surface area contributed by atoms with Gasteiger partial charge in [-0.3, -0.25) is 9.48 Å². The molecule has 0 radical (unpaired) electrons. The maximum atomic E-state index is 15.2. The number of amides is 1. The Hall–Kier alpha value is -3.55. The van der Waals surface area contributed by atoms with Gasteiger partial charge in [-0.2, -0.15) is 5.10 Å². The van der Waals surface area contributed by atoms with Crippen LogP contribution in [-0.2, 0) is 16.6 Å². The number of aromatic nitrogens is 2. The molecule has 33 heavy (non-hydrogen) atoms. The molecule has 5 rings (SSSR count). The van der Waals surface area contributed by atoms with E-state index in [9.17, 15) is 9.59 Å². The van der Waals surface area contributed by atoms with E-state index in [-0.39, 0.29) is 29.6 Å². The van der Waals surface area contributed by atoms with Gasteiger partial charge in [-0.25, -0.2) is 4.39 Å². The summed E-state index contributed by atoms with van der Waals surface area (Å²) in [6.45, 7) is 3.18. The Morgan fingerprint density at radius 1 is 1.30 bits per heavy atom. The molecule has 2 fully saturated rings. The van der Waals surface area contributed by atoms with Crippen molar-refractivity contribution in [1.29, 1.82) is 5.41 Å². The number of likely N-dealkylation sites (tertiary alicyclic amines) is 1. The molecular formula is C25H26FN5O2. The molecule has 1 amide bonds. The van der Waals surface area contributed by atoms with E-state index in [2.05, 4.69) is 10.4 Å². The molecule has 1 aliphatic carbocycles. The van der Waals surface area contributed by atoms with Crippen LogP contribution in [0.15, 0.2) is 36.5 Å². The molecule has 0 atom stereocenters. The summed E-state index contributed by atoms with van der Waals surface area (Å²) < 4.78 is 16.9. The zero-order valence-corrected chi connectivity index (χ0v) is 18.7. The SMILES string of the molecule is CC(=O)N1CC2(CC(C(=N)c3c(NCC=O)cccc3-c3cc4c(cnn4C)cc3F)C2)C1. The lowest BCUT2D eigenvalue weighted by atomic mass is 9.56. The standard InChI is InChI=1S/C25H26FN5O2/c1-15(33)31-13-25(14-31)10-17(11-25)24(27)23-18(4-3-5-21(23)28-6-7-32)19-9-22-16(8-20(19)26)12-29-30(22)2/h3-5,7-9,12,17,27-28H,6,10-11,13-14H2,1-2H3. The van der Waals surface area contributed by atoms with Gasteiger partial charge in [-0.1, -0.05) is 12.1 Å². The maximum Gasteiger partial charge on any atom is 0.219 e. The minimum atomic E-state index is -0.377. The highest BCUT2D eigenvalue weighted by molar-refractivity contribution is 6.11. The quantitative estimate of drug-likeness (QED) is 0.446. The molecule has 1 aliphatic heterocycles. The van der Waals surface area contributed by atoms with E-state index in [0.29, 0.717) is 33.5 Å². The van der Waals surface area contributed by atoms with Crippen molar-refractivity contribution in [1.82, 2.24) is 14.7 Å². The first-order chi connectivity index (χ1) is 15.8. The number of benzene rings is 2. The van der Waals surface area contributed by atoms with Crippen LogP contribution in [-0.4, -0.2) is 52.2 Å². The van der Waals surface area contributed by atoms with Crippen LogP contribution in [0.1, 0.15) is 25.3 Å². The van der Waals surface area contributed by atoms with Crippen molar-refractivity contribution in [2.45, 2.75) is 19.8 Å². The molecular weight excluding hydrogens is 421 g/mol. The highest BCUT2D eigenvalue weighted by Gasteiger charge is 2.54. The van der Waals surface area contributed by atoms with Gasteiger partial charge < -0.3 is 20.4 Å². The van der Waals surface area contributed by atoms with Gasteiger partial charge in [-0.15, -0.1) is 0 Å². The number of nitrogens with one attached hydrogen (secondary N) is 2. The maximum absolute atomic E-state index is 15.2. The first kappa shape index (κ1) is 21.3. The molecule has 1 saturated carbocycles. The first-order valence-electron chi connectivity index (χ1n) is 11.1. The van der Waals surface area contributed by atoms with Crippen molar-refractivity contribution in [3.63, 3.8) is 0 Å². The lowest BCUT2D eigenvalue weighted by Crippen LogP contribution is -2.64. The number of carbonyl (C=O) groups excluding carboxylic acids is 2. The Bertz CT molecular complexity index is 1280. The van der Waals surface area contributed by atoms with E-state index in [4.69, 9.17) is 5.41 Å². The normalized spacial score (nSPS) is 17.0. The Morgan fingerprint density at radius 2 is 2.06 bits per heavy atom. The van der Waals surface area contributed by atoms with Crippen LogP contribution in [0.5, 0.6) is 0 Å². The third kappa shape index (κ3) is 3.50. The molecule has 8 heteroatoms. The Labute approximate surface area is 191 Å². The predicted molar refractivity (Wildman–Crippen MR) is 125 cm³/mol. The number of aldehydes is 1. The third-order valence-corrected chi connectivity index (χ3v) is 7.10. The molecule has 7 nitrogen and oxygen atoms in total. The van der Waals surface area contributed by atoms with Gasteiger partial charge in [-0.05, 0) is 36.6 Å². The Morgan fingerprint density at radius 3 is 2.76 bits per heavy atom. The lowest BCUT2D eigenvalue weighted by molar-refractivity contribution is -0.149. The van der Waals surface area contributed by atoms with Crippen LogP contribution in [0.25, 0.3) is 22.0 Å². The number of hydrogen-bond donors (Lipinski definition) is 2. The molecule has 2 heterocycles. The molecule has 170 valence electrons. The fourth-order valence-electron chi connectivity index (χ4n) is 5.38. The summed E-state index contributed by atoms with van der Waals surface area (Å²) in [6, 6.07) is 8.70. The number of hydrogen-bond acceptors (Lipinski definition) is 5. The topological polar surface area (TPSA) is 91.1 Å². The summed E-state index contributed by atoms with van der Waals surface area (Å²) in [4.78, 5) is 24.4. The van der Waals surface area contributed by atoms with E-state index >= 15 is 4.39 Å². The molecule has 0 unspecified atom stereocenters. The van der Waals surface area contributed by atoms with Gasteiger partial charge in [0.2, 0.25) is 5.91 Å². The fraction of sp³-hybridized carbons (Fsp3) is 0.360. The van der Waals surface area contributed by atoms with Crippen molar-refractivity contribution in [3.8, 4) is 11.1 Å². The van der Waals surface area contributed by atoms with Gasteiger partial charge in [0.15, 0.2) is 0 Å². The average Bonchev–Trinajstić information content (AvgIpc) is 3.08. The van der Waals surface area contributed by atoms with Crippen LogP contribution < -0.4 is 5.32 Å². The number of anilines is 1. The average molecular weight is 448 g/mol. The second-order valence-corrected chi connectivity index (χ2v) is 9.33. The van der Waals surface area contributed by atoms with Crippen molar-refractivity contribution in [2.24, 2.45) is 18.4 Å². The van der Waals surface area contributed by atoms with E-state index in [1.54, 1.807) is 23.9 Å². The third-order valence-electron chi connectivity index (χ3n) is 7.10. The van der Waals surface area contributed by atoms with Gasteiger partial charge in [0.25, 0.3) is 0 Å². The summed E-state index contributed by atoms with van der Waals surface area (Å²) in [6.07, 6.45) is 4.07. The number of carbonyl (C=O) groups is 2. The number of rotatable bonds is 6. The zero-order valence-electron chi connectivity index (χ0n) is 18.7. The van der Waals surface area contributed by atoms with Crippen LogP contribution in [0.4, 0.5) is 10.1 Å². The summed E-state index contributed by atoms with van der Waals surface area (Å²) in [5, 5.41) is 17.1. The van der Waals surface area contributed by atoms with Crippen LogP contribution in [0.2, 0.25) is 0 Å². The number of nitrogens with zero attached hydrogens (tertiary/aromatic N) is 3. The van der Waals surface area contributed by atoms with E-state index in [0.717, 1.165) is 37.7 Å². The molecule has 0 bridgehead atoms. The Balaban J connectivity index is 1.52. The van der Waals surface area contributed by atoms with Crippen molar-refractivity contribution in [3.05, 3.63) is 47.9 Å². The highest BCUT2D eigenvalue weighted by atomic mass is 19.1. The smallest absolute Gasteiger partial charge is 0.219 e. The molecule has 2 aliphatic rings. The summed E-state index contributed by atoms with van der Waals surface area (Å²) in [7, 11) is 1.81. The largest absolute Gasteiger partial charge is 0.378 e. The molecule has 1 saturated heterocycles. The minimum Gasteiger partial charge on any atom is -0.378 e. The van der Waals surface area contributed by atoms with Crippen molar-refractivity contribution < 1.29 is 14.0 Å². The highest BCUT2D eigenvalue weighted by Crippen LogP contribution is 2.53. The number of halogens is 1. The summed E-state index contributed by atoms with van der Waals surface area (Å²) >= 11 is 0.